The molecule has 0 saturated heterocycles. The van der Waals surface area contributed by atoms with Crippen molar-refractivity contribution in [3.05, 3.63) is 30.4 Å². The first-order chi connectivity index (χ1) is 13.0. The minimum atomic E-state index is -5.08. The van der Waals surface area contributed by atoms with Crippen molar-refractivity contribution in [2.75, 3.05) is 32.1 Å². The van der Waals surface area contributed by atoms with Gasteiger partial charge in [0.15, 0.2) is 0 Å². The van der Waals surface area contributed by atoms with Gasteiger partial charge in [-0.3, -0.25) is 4.79 Å². The number of aliphatic carboxylic acids is 1. The van der Waals surface area contributed by atoms with Crippen LogP contribution in [0.5, 0.6) is 0 Å². The molecule has 9 nitrogen and oxygen atoms in total. The number of alkyl halides is 3. The first kappa shape index (κ1) is 22.9. The molecule has 2 heterocycles. The number of nitrogens with zero attached hydrogens (tertiary/aromatic N) is 4. The number of carboxylic acids is 1. The molecular weight excluding hydrogens is 383 g/mol. The standard InChI is InChI=1S/C14H19N5O2.C2HF3O2/c1-18(2)14-16-7-11(8-17-14)10-6-12(19(3)9-10)13(21)15-4-5-20;3-2(4,5)1(6)7/h6-9,20H,4-5H2,1-3H3,(H,15,21);(H,6,7). The van der Waals surface area contributed by atoms with E-state index in [1.165, 1.54) is 0 Å². The Kier molecular flexibility index (Phi) is 7.92. The Morgan fingerprint density at radius 2 is 1.75 bits per heavy atom. The zero-order valence-corrected chi connectivity index (χ0v) is 15.4. The van der Waals surface area contributed by atoms with Gasteiger partial charge in [0.25, 0.3) is 5.91 Å². The molecule has 28 heavy (non-hydrogen) atoms. The smallest absolute Gasteiger partial charge is 0.475 e. The molecule has 2 rings (SSSR count). The average molecular weight is 403 g/mol. The Morgan fingerprint density at radius 1 is 1.21 bits per heavy atom. The van der Waals surface area contributed by atoms with Crippen molar-refractivity contribution < 1.29 is 33.0 Å². The van der Waals surface area contributed by atoms with Gasteiger partial charge in [0.2, 0.25) is 5.95 Å². The molecule has 0 unspecified atom stereocenters. The van der Waals surface area contributed by atoms with Crippen LogP contribution >= 0.6 is 0 Å². The van der Waals surface area contributed by atoms with E-state index >= 15 is 0 Å². The lowest BCUT2D eigenvalue weighted by Gasteiger charge is -2.09. The van der Waals surface area contributed by atoms with Gasteiger partial charge in [-0.05, 0) is 6.07 Å². The molecule has 3 N–H and O–H groups in total. The van der Waals surface area contributed by atoms with Gasteiger partial charge >= 0.3 is 12.1 Å². The number of hydrogen-bond acceptors (Lipinski definition) is 6. The fraction of sp³-hybridized carbons (Fsp3) is 0.375. The van der Waals surface area contributed by atoms with Crippen LogP contribution < -0.4 is 10.2 Å². The van der Waals surface area contributed by atoms with Crippen LogP contribution in [0.3, 0.4) is 0 Å². The Bertz CT molecular complexity index is 804. The lowest BCUT2D eigenvalue weighted by molar-refractivity contribution is -0.192. The van der Waals surface area contributed by atoms with Gasteiger partial charge < -0.3 is 25.0 Å². The van der Waals surface area contributed by atoms with Crippen molar-refractivity contribution in [2.45, 2.75) is 6.18 Å². The van der Waals surface area contributed by atoms with Gasteiger partial charge in [0.05, 0.1) is 6.61 Å². The van der Waals surface area contributed by atoms with E-state index in [1.807, 2.05) is 25.2 Å². The number of carbonyl (C=O) groups excluding carboxylic acids is 1. The quantitative estimate of drug-likeness (QED) is 0.678. The molecule has 0 aliphatic heterocycles. The summed E-state index contributed by atoms with van der Waals surface area (Å²) in [5.74, 6) is -2.34. The fourth-order valence-corrected chi connectivity index (χ4v) is 1.91. The van der Waals surface area contributed by atoms with Gasteiger partial charge in [-0.1, -0.05) is 0 Å². The zero-order chi connectivity index (χ0) is 21.5. The maximum Gasteiger partial charge on any atom is 0.490 e. The van der Waals surface area contributed by atoms with E-state index in [-0.39, 0.29) is 19.1 Å². The van der Waals surface area contributed by atoms with E-state index in [1.54, 1.807) is 30.1 Å². The molecule has 0 bridgehead atoms. The van der Waals surface area contributed by atoms with Crippen molar-refractivity contribution in [3.8, 4) is 11.1 Å². The minimum absolute atomic E-state index is 0.0805. The first-order valence-electron chi connectivity index (χ1n) is 7.82. The lowest BCUT2D eigenvalue weighted by atomic mass is 10.2. The van der Waals surface area contributed by atoms with Crippen LogP contribution in [0.4, 0.5) is 19.1 Å². The predicted octanol–water partition coefficient (Wildman–Crippen LogP) is 0.903. The molecule has 0 aromatic carbocycles. The summed E-state index contributed by atoms with van der Waals surface area (Å²) < 4.78 is 33.5. The molecule has 0 aliphatic rings. The monoisotopic (exact) mass is 403 g/mol. The summed E-state index contributed by atoms with van der Waals surface area (Å²) in [5.41, 5.74) is 2.24. The largest absolute Gasteiger partial charge is 0.490 e. The number of nitrogens with one attached hydrogen (secondary N) is 1. The van der Waals surface area contributed by atoms with Gasteiger partial charge in [-0.25, -0.2) is 14.8 Å². The SMILES string of the molecule is CN(C)c1ncc(-c2cc(C(=O)NCCO)n(C)c2)cn1.O=C(O)C(F)(F)F. The van der Waals surface area contributed by atoms with Crippen LogP contribution in [-0.4, -0.2) is 70.0 Å². The molecular formula is C16H20F3N5O4. The number of aromatic nitrogens is 3. The number of carboxylic acid groups (broad SMARTS) is 1. The highest BCUT2D eigenvalue weighted by Crippen LogP contribution is 2.21. The maximum atomic E-state index is 11.9. The number of halogens is 3. The van der Waals surface area contributed by atoms with Crippen LogP contribution in [0, 0.1) is 0 Å². The van der Waals surface area contributed by atoms with E-state index in [0.717, 1.165) is 11.1 Å². The third-order valence-electron chi connectivity index (χ3n) is 3.25. The second kappa shape index (κ2) is 9.69. The van der Waals surface area contributed by atoms with Gasteiger partial charge in [0, 0.05) is 57.4 Å². The van der Waals surface area contributed by atoms with Crippen molar-refractivity contribution >= 4 is 17.8 Å². The maximum absolute atomic E-state index is 11.9. The number of hydrogen-bond donors (Lipinski definition) is 3. The third-order valence-corrected chi connectivity index (χ3v) is 3.25. The number of amides is 1. The first-order valence-corrected chi connectivity index (χ1v) is 7.82. The van der Waals surface area contributed by atoms with E-state index in [2.05, 4.69) is 15.3 Å². The van der Waals surface area contributed by atoms with Crippen LogP contribution in [0.25, 0.3) is 11.1 Å². The van der Waals surface area contributed by atoms with Crippen molar-refractivity contribution in [3.63, 3.8) is 0 Å². The Morgan fingerprint density at radius 3 is 2.18 bits per heavy atom. The summed E-state index contributed by atoms with van der Waals surface area (Å²) >= 11 is 0. The summed E-state index contributed by atoms with van der Waals surface area (Å²) in [6, 6.07) is 1.78. The molecule has 0 fully saturated rings. The Balaban J connectivity index is 0.000000480. The average Bonchev–Trinajstić information content (AvgIpc) is 3.01. The van der Waals surface area contributed by atoms with E-state index in [9.17, 15) is 18.0 Å². The summed E-state index contributed by atoms with van der Waals surface area (Å²) in [6.07, 6.45) is 0.224. The normalized spacial score (nSPS) is 10.7. The van der Waals surface area contributed by atoms with Crippen molar-refractivity contribution in [2.24, 2.45) is 7.05 Å². The summed E-state index contributed by atoms with van der Waals surface area (Å²) in [7, 11) is 5.55. The zero-order valence-electron chi connectivity index (χ0n) is 15.4. The van der Waals surface area contributed by atoms with Crippen LogP contribution in [-0.2, 0) is 11.8 Å². The minimum Gasteiger partial charge on any atom is -0.475 e. The molecule has 2 aromatic rings. The molecule has 0 aliphatic carbocycles. The predicted molar refractivity (Wildman–Crippen MR) is 93.9 cm³/mol. The van der Waals surface area contributed by atoms with E-state index < -0.39 is 12.1 Å². The van der Waals surface area contributed by atoms with E-state index in [4.69, 9.17) is 15.0 Å². The number of carbonyl (C=O) groups is 2. The molecule has 0 atom stereocenters. The van der Waals surface area contributed by atoms with Crippen LogP contribution in [0.15, 0.2) is 24.7 Å². The topological polar surface area (TPSA) is 121 Å². The highest BCUT2D eigenvalue weighted by molar-refractivity contribution is 5.94. The Hall–Kier alpha value is -3.15. The molecule has 154 valence electrons. The summed E-state index contributed by atoms with van der Waals surface area (Å²) in [5, 5.41) is 18.5. The number of aliphatic hydroxyl groups is 1. The second-order valence-corrected chi connectivity index (χ2v) is 5.67. The molecule has 2 aromatic heterocycles. The van der Waals surface area contributed by atoms with Crippen molar-refractivity contribution in [1.82, 2.24) is 19.9 Å². The lowest BCUT2D eigenvalue weighted by Crippen LogP contribution is -2.27. The highest BCUT2D eigenvalue weighted by atomic mass is 19.4. The number of anilines is 1. The van der Waals surface area contributed by atoms with Crippen LogP contribution in [0.1, 0.15) is 10.5 Å². The van der Waals surface area contributed by atoms with Gasteiger partial charge in [0.1, 0.15) is 5.69 Å². The fourth-order valence-electron chi connectivity index (χ4n) is 1.91. The Labute approximate surface area is 158 Å². The summed E-state index contributed by atoms with van der Waals surface area (Å²) in [4.78, 5) is 31.2. The second-order valence-electron chi connectivity index (χ2n) is 5.67. The molecule has 0 saturated carbocycles. The van der Waals surface area contributed by atoms with E-state index in [0.29, 0.717) is 11.6 Å². The molecule has 0 radical (unpaired) electrons. The van der Waals surface area contributed by atoms with Crippen molar-refractivity contribution in [1.29, 1.82) is 0 Å². The van der Waals surface area contributed by atoms with Gasteiger partial charge in [-0.2, -0.15) is 13.2 Å². The van der Waals surface area contributed by atoms with Gasteiger partial charge in [-0.15, -0.1) is 0 Å². The molecule has 1 amide bonds. The molecule has 12 heteroatoms. The number of aryl methyl sites for hydroxylation is 1. The number of rotatable bonds is 5. The highest BCUT2D eigenvalue weighted by Gasteiger charge is 2.38. The number of aliphatic hydroxyl groups excluding tert-OH is 1. The summed E-state index contributed by atoms with van der Waals surface area (Å²) in [6.45, 7) is 0.156. The third kappa shape index (κ3) is 6.54. The molecule has 0 spiro atoms. The van der Waals surface area contributed by atoms with Crippen LogP contribution in [0.2, 0.25) is 0 Å².